The molecule has 1 aliphatic heterocycles. The topological polar surface area (TPSA) is 69.2 Å². The maximum Gasteiger partial charge on any atom is 0.407 e. The first-order valence-corrected chi connectivity index (χ1v) is 10.1. The largest absolute Gasteiger partial charge is 0.444 e. The van der Waals surface area contributed by atoms with Crippen molar-refractivity contribution in [2.24, 2.45) is 4.99 Å². The van der Waals surface area contributed by atoms with E-state index in [0.717, 1.165) is 6.42 Å². The number of amides is 1. The van der Waals surface area contributed by atoms with Crippen molar-refractivity contribution in [3.63, 3.8) is 0 Å². The van der Waals surface area contributed by atoms with Crippen LogP contribution in [0.4, 0.5) is 13.6 Å². The highest BCUT2D eigenvalue weighted by atomic mass is 127. The highest BCUT2D eigenvalue weighted by Gasteiger charge is 2.29. The second-order valence-electron chi connectivity index (χ2n) is 8.62. The summed E-state index contributed by atoms with van der Waals surface area (Å²) in [5.74, 6) is -0.534. The highest BCUT2D eigenvalue weighted by Crippen LogP contribution is 2.24. The van der Waals surface area contributed by atoms with Crippen molar-refractivity contribution in [3.05, 3.63) is 35.4 Å². The number of carbonyl (C=O) groups is 1. The number of alkyl carbamates (subject to hydrolysis) is 1. The van der Waals surface area contributed by atoms with Crippen LogP contribution in [-0.2, 0) is 4.74 Å². The predicted octanol–water partition coefficient (Wildman–Crippen LogP) is 3.36. The molecule has 0 aliphatic carbocycles. The van der Waals surface area contributed by atoms with E-state index in [1.807, 2.05) is 25.7 Å². The first kappa shape index (κ1) is 27.3. The minimum Gasteiger partial charge on any atom is -0.444 e. The number of hydrogen-bond acceptors (Lipinski definition) is 4. The molecule has 0 radical (unpaired) electrons. The number of hydrogen-bond donors (Lipinski definition) is 2. The molecule has 1 fully saturated rings. The number of ether oxygens (including phenoxy) is 1. The summed E-state index contributed by atoms with van der Waals surface area (Å²) >= 11 is 0. The third kappa shape index (κ3) is 8.06. The molecule has 1 aromatic rings. The fraction of sp³-hybridized carbons (Fsp3) is 0.619. The maximum absolute atomic E-state index is 14.3. The van der Waals surface area contributed by atoms with Gasteiger partial charge >= 0.3 is 6.09 Å². The average molecular weight is 553 g/mol. The molecule has 1 saturated heterocycles. The fourth-order valence-electron chi connectivity index (χ4n) is 3.44. The molecule has 1 amide bonds. The third-order valence-corrected chi connectivity index (χ3v) is 4.83. The molecule has 10 heteroatoms. The summed E-state index contributed by atoms with van der Waals surface area (Å²) in [6.07, 6.45) is 0.305. The molecule has 0 bridgehead atoms. The lowest BCUT2D eigenvalue weighted by atomic mass is 10.0. The average Bonchev–Trinajstić information content (AvgIpc) is 3.06. The van der Waals surface area contributed by atoms with Gasteiger partial charge < -0.3 is 25.2 Å². The van der Waals surface area contributed by atoms with Crippen molar-refractivity contribution < 1.29 is 18.3 Å². The van der Waals surface area contributed by atoms with Gasteiger partial charge in [0.05, 0.1) is 12.1 Å². The maximum atomic E-state index is 14.3. The Bertz CT molecular complexity index is 750. The molecule has 2 atom stereocenters. The van der Waals surface area contributed by atoms with Crippen molar-refractivity contribution in [2.45, 2.75) is 44.9 Å². The zero-order valence-corrected chi connectivity index (χ0v) is 21.4. The summed E-state index contributed by atoms with van der Waals surface area (Å²) in [7, 11) is 5.21. The molecule has 0 saturated carbocycles. The molecular formula is C21H34F2IN5O2. The number of nitrogens with zero attached hydrogens (tertiary/aromatic N) is 3. The van der Waals surface area contributed by atoms with Crippen molar-refractivity contribution in [1.82, 2.24) is 20.4 Å². The Balaban J connectivity index is 0.00000480. The Hall–Kier alpha value is -1.69. The number of likely N-dealkylation sites (N-methyl/N-ethyl adjacent to an activating group) is 1. The zero-order chi connectivity index (χ0) is 22.5. The Labute approximate surface area is 200 Å². The molecule has 1 heterocycles. The highest BCUT2D eigenvalue weighted by molar-refractivity contribution is 14.0. The predicted molar refractivity (Wildman–Crippen MR) is 129 cm³/mol. The lowest BCUT2D eigenvalue weighted by Gasteiger charge is -2.29. The van der Waals surface area contributed by atoms with E-state index in [1.165, 1.54) is 18.2 Å². The Morgan fingerprint density at radius 2 is 1.94 bits per heavy atom. The minimum atomic E-state index is -0.576. The second kappa shape index (κ2) is 11.8. The van der Waals surface area contributed by atoms with Crippen LogP contribution < -0.4 is 10.6 Å². The first-order chi connectivity index (χ1) is 14.0. The van der Waals surface area contributed by atoms with Gasteiger partial charge in [-0.05, 0) is 53.4 Å². The summed E-state index contributed by atoms with van der Waals surface area (Å²) in [5.41, 5.74) is -0.528. The van der Waals surface area contributed by atoms with E-state index < -0.39 is 29.4 Å². The first-order valence-electron chi connectivity index (χ1n) is 10.1. The molecule has 31 heavy (non-hydrogen) atoms. The van der Waals surface area contributed by atoms with Gasteiger partial charge in [-0.2, -0.15) is 0 Å². The summed E-state index contributed by atoms with van der Waals surface area (Å²) in [6, 6.07) is 3.30. The van der Waals surface area contributed by atoms with Crippen molar-refractivity contribution >= 4 is 36.0 Å². The van der Waals surface area contributed by atoms with Crippen molar-refractivity contribution in [2.75, 3.05) is 40.8 Å². The van der Waals surface area contributed by atoms with E-state index in [-0.39, 0.29) is 42.1 Å². The van der Waals surface area contributed by atoms with E-state index in [4.69, 9.17) is 4.74 Å². The zero-order valence-electron chi connectivity index (χ0n) is 19.0. The summed E-state index contributed by atoms with van der Waals surface area (Å²) in [4.78, 5) is 20.1. The van der Waals surface area contributed by atoms with Gasteiger partial charge in [0.2, 0.25) is 0 Å². The van der Waals surface area contributed by atoms with Gasteiger partial charge in [-0.1, -0.05) is 6.07 Å². The molecule has 7 nitrogen and oxygen atoms in total. The molecule has 2 rings (SSSR count). The van der Waals surface area contributed by atoms with Crippen LogP contribution in [0.2, 0.25) is 0 Å². The van der Waals surface area contributed by atoms with Crippen LogP contribution in [0.5, 0.6) is 0 Å². The van der Waals surface area contributed by atoms with Crippen molar-refractivity contribution in [3.8, 4) is 0 Å². The van der Waals surface area contributed by atoms with Crippen LogP contribution in [-0.4, -0.2) is 74.3 Å². The number of likely N-dealkylation sites (tertiary alicyclic amines) is 1. The normalized spacial score (nSPS) is 17.9. The van der Waals surface area contributed by atoms with Crippen LogP contribution >= 0.6 is 24.0 Å². The number of carbonyl (C=O) groups excluding carboxylic acids is 1. The van der Waals surface area contributed by atoms with E-state index >= 15 is 0 Å². The molecule has 2 unspecified atom stereocenters. The molecule has 1 aromatic carbocycles. The van der Waals surface area contributed by atoms with Gasteiger partial charge in [0.25, 0.3) is 0 Å². The number of guanidine groups is 1. The molecule has 1 aliphatic rings. The van der Waals surface area contributed by atoms with Gasteiger partial charge in [0.15, 0.2) is 5.96 Å². The number of aliphatic imine (C=N–C) groups is 1. The van der Waals surface area contributed by atoms with Crippen LogP contribution in [0.15, 0.2) is 23.2 Å². The van der Waals surface area contributed by atoms with Gasteiger partial charge in [-0.3, -0.25) is 4.99 Å². The summed E-state index contributed by atoms with van der Waals surface area (Å²) in [5, 5.41) is 6.09. The lowest BCUT2D eigenvalue weighted by molar-refractivity contribution is 0.0507. The fourth-order valence-corrected chi connectivity index (χ4v) is 3.44. The molecule has 176 valence electrons. The molecular weight excluding hydrogens is 519 g/mol. The van der Waals surface area contributed by atoms with E-state index in [1.54, 1.807) is 26.0 Å². The molecule has 0 spiro atoms. The molecule has 2 N–H and O–H groups in total. The number of halogens is 3. The third-order valence-electron chi connectivity index (χ3n) is 4.83. The summed E-state index contributed by atoms with van der Waals surface area (Å²) in [6.45, 7) is 7.00. The monoisotopic (exact) mass is 553 g/mol. The van der Waals surface area contributed by atoms with Crippen LogP contribution in [0, 0.1) is 11.6 Å². The number of benzene rings is 1. The quantitative estimate of drug-likeness (QED) is 0.333. The van der Waals surface area contributed by atoms with Gasteiger partial charge in [0.1, 0.15) is 17.2 Å². The van der Waals surface area contributed by atoms with Crippen LogP contribution in [0.3, 0.4) is 0 Å². The Kier molecular flexibility index (Phi) is 10.4. The van der Waals surface area contributed by atoms with Gasteiger partial charge in [0, 0.05) is 32.2 Å². The minimum absolute atomic E-state index is 0. The van der Waals surface area contributed by atoms with Crippen molar-refractivity contribution in [1.29, 1.82) is 0 Å². The lowest BCUT2D eigenvalue weighted by Crippen LogP contribution is -2.46. The summed E-state index contributed by atoms with van der Waals surface area (Å²) < 4.78 is 33.8. The number of nitrogens with one attached hydrogen (secondary N) is 2. The second-order valence-corrected chi connectivity index (χ2v) is 8.62. The van der Waals surface area contributed by atoms with Gasteiger partial charge in [-0.15, -0.1) is 24.0 Å². The van der Waals surface area contributed by atoms with Gasteiger partial charge in [-0.25, -0.2) is 13.6 Å². The molecule has 0 aromatic heterocycles. The Morgan fingerprint density at radius 3 is 2.45 bits per heavy atom. The van der Waals surface area contributed by atoms with Crippen LogP contribution in [0.1, 0.15) is 38.8 Å². The van der Waals surface area contributed by atoms with E-state index in [2.05, 4.69) is 15.6 Å². The smallest absolute Gasteiger partial charge is 0.407 e. The Morgan fingerprint density at radius 1 is 1.32 bits per heavy atom. The van der Waals surface area contributed by atoms with E-state index in [0.29, 0.717) is 19.0 Å². The van der Waals surface area contributed by atoms with E-state index in [9.17, 15) is 13.6 Å². The standard InChI is InChI=1S/C21H33F2N5O2.HI/c1-21(2,3)30-20(29)26-14-10-11-28(13-14)19(24-4)25-12-17(27(5)6)18-15(22)8-7-9-16(18)23;/h7-9,14,17H,10-13H2,1-6H3,(H,24,25)(H,26,29);1H. The van der Waals surface area contributed by atoms with Crippen LogP contribution in [0.25, 0.3) is 0 Å². The number of rotatable bonds is 5. The SMILES string of the molecule is CN=C(NCC(c1c(F)cccc1F)N(C)C)N1CCC(NC(=O)OC(C)(C)C)C1.I.